The van der Waals surface area contributed by atoms with Gasteiger partial charge in [-0.05, 0) is 66.7 Å². The summed E-state index contributed by atoms with van der Waals surface area (Å²) in [6, 6.07) is 60.9. The molecule has 0 spiro atoms. The van der Waals surface area contributed by atoms with E-state index in [9.17, 15) is 0 Å². The summed E-state index contributed by atoms with van der Waals surface area (Å²) < 4.78 is 2.35. The average molecular weight is 641 g/mol. The van der Waals surface area contributed by atoms with Crippen molar-refractivity contribution >= 4 is 64.0 Å². The first-order chi connectivity index (χ1) is 24.3. The Bertz CT molecular complexity index is 2810. The van der Waals surface area contributed by atoms with Crippen LogP contribution in [0.15, 0.2) is 170 Å². The molecule has 0 aliphatic rings. The van der Waals surface area contributed by atoms with Crippen molar-refractivity contribution in [1.82, 2.24) is 9.97 Å². The second kappa shape index (κ2) is 11.2. The molecule has 0 bridgehead atoms. The van der Waals surface area contributed by atoms with Crippen LogP contribution in [0.2, 0.25) is 0 Å². The first-order valence-electron chi connectivity index (χ1n) is 16.6. The van der Waals surface area contributed by atoms with Gasteiger partial charge < -0.3 is 0 Å². The van der Waals surface area contributed by atoms with Gasteiger partial charge in [0.1, 0.15) is 0 Å². The monoisotopic (exact) mass is 640 g/mol. The molecule has 0 unspecified atom stereocenters. The van der Waals surface area contributed by atoms with Crippen LogP contribution in [-0.2, 0) is 0 Å². The minimum atomic E-state index is 0.739. The minimum Gasteiger partial charge on any atom is -0.226 e. The summed E-state index contributed by atoms with van der Waals surface area (Å²) in [6.45, 7) is 0. The largest absolute Gasteiger partial charge is 0.226 e. The van der Waals surface area contributed by atoms with Crippen molar-refractivity contribution in [3.8, 4) is 44.9 Å². The van der Waals surface area contributed by atoms with Crippen LogP contribution in [0.5, 0.6) is 0 Å². The molecule has 0 saturated carbocycles. The lowest BCUT2D eigenvalue weighted by atomic mass is 9.85. The molecule has 228 valence electrons. The smallest absolute Gasteiger partial charge is 0.160 e. The predicted molar refractivity (Wildman–Crippen MR) is 209 cm³/mol. The Labute approximate surface area is 287 Å². The van der Waals surface area contributed by atoms with Crippen LogP contribution in [0.1, 0.15) is 0 Å². The maximum Gasteiger partial charge on any atom is 0.160 e. The molecule has 0 atom stereocenters. The fourth-order valence-electron chi connectivity index (χ4n) is 7.39. The second-order valence-electron chi connectivity index (χ2n) is 12.5. The summed E-state index contributed by atoms with van der Waals surface area (Å²) in [5, 5.41) is 8.66. The molecule has 0 fully saturated rings. The van der Waals surface area contributed by atoms with Gasteiger partial charge in [-0.3, -0.25) is 0 Å². The van der Waals surface area contributed by atoms with E-state index in [0.29, 0.717) is 0 Å². The van der Waals surface area contributed by atoms with Crippen LogP contribution in [-0.4, -0.2) is 9.97 Å². The number of fused-ring (bicyclic) bond motifs is 6. The SMILES string of the molecule is c1ccc(-c2nc(-c3ccc(-c4c5ccccc5c(-c5ccc6ccccc6c5)c5ccccc45)cc3)nc3c2sc2ccccc23)cc1. The maximum atomic E-state index is 5.20. The summed E-state index contributed by atoms with van der Waals surface area (Å²) in [4.78, 5) is 10.4. The number of hydrogen-bond donors (Lipinski definition) is 0. The molecular weight excluding hydrogens is 613 g/mol. The molecule has 2 nitrogen and oxygen atoms in total. The third-order valence-electron chi connectivity index (χ3n) is 9.67. The molecule has 49 heavy (non-hydrogen) atoms. The van der Waals surface area contributed by atoms with Crippen LogP contribution in [0, 0.1) is 0 Å². The highest BCUT2D eigenvalue weighted by atomic mass is 32.1. The standard InChI is InChI=1S/C46H28N2S/c1-2-13-31(14-3-1)43-45-44(39-20-10-11-21-40(39)49-45)48-46(47-43)32-25-23-30(24-26-32)41-35-16-6-8-18-37(35)42(38-19-9-7-17-36(38)41)34-27-22-29-12-4-5-15-33(29)28-34/h1-28H. The van der Waals surface area contributed by atoms with Gasteiger partial charge in [-0.15, -0.1) is 11.3 Å². The molecule has 0 aliphatic carbocycles. The van der Waals surface area contributed by atoms with Gasteiger partial charge in [-0.2, -0.15) is 0 Å². The van der Waals surface area contributed by atoms with E-state index in [1.54, 1.807) is 11.3 Å². The van der Waals surface area contributed by atoms with E-state index >= 15 is 0 Å². The number of nitrogens with zero attached hydrogens (tertiary/aromatic N) is 2. The molecule has 10 rings (SSSR count). The molecule has 0 N–H and O–H groups in total. The highest BCUT2D eigenvalue weighted by molar-refractivity contribution is 7.26. The first-order valence-corrected chi connectivity index (χ1v) is 17.4. The third kappa shape index (κ3) is 4.55. The lowest BCUT2D eigenvalue weighted by Crippen LogP contribution is -1.94. The van der Waals surface area contributed by atoms with Crippen molar-refractivity contribution in [2.24, 2.45) is 0 Å². The number of aromatic nitrogens is 2. The van der Waals surface area contributed by atoms with Crippen LogP contribution < -0.4 is 0 Å². The molecule has 2 aromatic heterocycles. The second-order valence-corrected chi connectivity index (χ2v) is 13.6. The molecule has 8 aromatic carbocycles. The maximum absolute atomic E-state index is 5.20. The van der Waals surface area contributed by atoms with Crippen LogP contribution in [0.3, 0.4) is 0 Å². The first kappa shape index (κ1) is 27.9. The fraction of sp³-hybridized carbons (Fsp3) is 0. The highest BCUT2D eigenvalue weighted by Gasteiger charge is 2.19. The molecular formula is C46H28N2S. The molecule has 0 aliphatic heterocycles. The van der Waals surface area contributed by atoms with Crippen molar-refractivity contribution in [2.45, 2.75) is 0 Å². The van der Waals surface area contributed by atoms with Crippen molar-refractivity contribution in [3.63, 3.8) is 0 Å². The Balaban J connectivity index is 1.16. The molecule has 2 heterocycles. The van der Waals surface area contributed by atoms with E-state index in [-0.39, 0.29) is 0 Å². The van der Waals surface area contributed by atoms with Gasteiger partial charge in [0.15, 0.2) is 5.82 Å². The van der Waals surface area contributed by atoms with Crippen molar-refractivity contribution in [3.05, 3.63) is 170 Å². The average Bonchev–Trinajstić information content (AvgIpc) is 3.55. The number of benzene rings is 8. The molecule has 0 amide bonds. The fourth-order valence-corrected chi connectivity index (χ4v) is 8.55. The van der Waals surface area contributed by atoms with Crippen molar-refractivity contribution in [1.29, 1.82) is 0 Å². The Morgan fingerprint density at radius 3 is 1.59 bits per heavy atom. The zero-order valence-corrected chi connectivity index (χ0v) is 27.3. The van der Waals surface area contributed by atoms with Gasteiger partial charge in [0.2, 0.25) is 0 Å². The predicted octanol–water partition coefficient (Wildman–Crippen LogP) is 13.0. The van der Waals surface area contributed by atoms with E-state index in [1.165, 1.54) is 64.7 Å². The quantitative estimate of drug-likeness (QED) is 0.179. The molecule has 0 radical (unpaired) electrons. The van der Waals surface area contributed by atoms with E-state index in [4.69, 9.17) is 9.97 Å². The van der Waals surface area contributed by atoms with Crippen molar-refractivity contribution < 1.29 is 0 Å². The lowest BCUT2D eigenvalue weighted by Gasteiger charge is -2.18. The summed E-state index contributed by atoms with van der Waals surface area (Å²) in [5.74, 6) is 0.739. The normalized spacial score (nSPS) is 11.7. The van der Waals surface area contributed by atoms with Crippen molar-refractivity contribution in [2.75, 3.05) is 0 Å². The summed E-state index contributed by atoms with van der Waals surface area (Å²) in [5.41, 5.74) is 9.01. The number of hydrogen-bond acceptors (Lipinski definition) is 3. The number of rotatable bonds is 4. The van der Waals surface area contributed by atoms with E-state index < -0.39 is 0 Å². The number of thiophene rings is 1. The topological polar surface area (TPSA) is 25.8 Å². The highest BCUT2D eigenvalue weighted by Crippen LogP contribution is 2.45. The Hall–Kier alpha value is -6.16. The summed E-state index contributed by atoms with van der Waals surface area (Å²) in [7, 11) is 0. The zero-order valence-electron chi connectivity index (χ0n) is 26.5. The van der Waals surface area contributed by atoms with Gasteiger partial charge in [0, 0.05) is 21.2 Å². The molecule has 3 heteroatoms. The van der Waals surface area contributed by atoms with Gasteiger partial charge in [0.05, 0.1) is 15.9 Å². The van der Waals surface area contributed by atoms with Gasteiger partial charge in [0.25, 0.3) is 0 Å². The van der Waals surface area contributed by atoms with Crippen LogP contribution >= 0.6 is 11.3 Å². The van der Waals surface area contributed by atoms with E-state index in [0.717, 1.165) is 32.9 Å². The van der Waals surface area contributed by atoms with Crippen LogP contribution in [0.4, 0.5) is 0 Å². The van der Waals surface area contributed by atoms with E-state index in [1.807, 2.05) is 6.07 Å². The minimum absolute atomic E-state index is 0.739. The Kier molecular flexibility index (Phi) is 6.39. The molecule has 10 aromatic rings. The zero-order chi connectivity index (χ0) is 32.3. The summed E-state index contributed by atoms with van der Waals surface area (Å²) in [6.07, 6.45) is 0. The van der Waals surface area contributed by atoms with Gasteiger partial charge >= 0.3 is 0 Å². The third-order valence-corrected chi connectivity index (χ3v) is 10.8. The van der Waals surface area contributed by atoms with Gasteiger partial charge in [-0.1, -0.05) is 158 Å². The molecule has 0 saturated heterocycles. The van der Waals surface area contributed by atoms with Gasteiger partial charge in [-0.25, -0.2) is 9.97 Å². The lowest BCUT2D eigenvalue weighted by molar-refractivity contribution is 1.24. The van der Waals surface area contributed by atoms with E-state index in [2.05, 4.69) is 164 Å². The summed E-state index contributed by atoms with van der Waals surface area (Å²) >= 11 is 1.76. The van der Waals surface area contributed by atoms with Crippen LogP contribution in [0.25, 0.3) is 97.5 Å². The Morgan fingerprint density at radius 1 is 0.367 bits per heavy atom. The Morgan fingerprint density at radius 2 is 0.898 bits per heavy atom.